The Labute approximate surface area is 139 Å². The molecule has 0 atom stereocenters. The maximum Gasteiger partial charge on any atom is 0.143 e. The lowest BCUT2D eigenvalue weighted by Gasteiger charge is -2.11. The van der Waals surface area contributed by atoms with Crippen molar-refractivity contribution < 1.29 is 9.47 Å². The van der Waals surface area contributed by atoms with E-state index >= 15 is 0 Å². The minimum absolute atomic E-state index is 0.366. The lowest BCUT2D eigenvalue weighted by atomic mass is 10.2. The highest BCUT2D eigenvalue weighted by molar-refractivity contribution is 9.11. The van der Waals surface area contributed by atoms with Crippen LogP contribution in [0, 0.1) is 0 Å². The molecule has 0 saturated heterocycles. The Bertz CT molecular complexity index is 644. The van der Waals surface area contributed by atoms with Crippen LogP contribution in [-0.4, -0.2) is 12.1 Å². The Morgan fingerprint density at radius 3 is 2.15 bits per heavy atom. The first kappa shape index (κ1) is 15.3. The van der Waals surface area contributed by atoms with E-state index in [1.54, 1.807) is 7.11 Å². The van der Waals surface area contributed by atoms with E-state index in [1.165, 1.54) is 0 Å². The van der Waals surface area contributed by atoms with Crippen molar-refractivity contribution in [2.75, 3.05) is 7.11 Å². The lowest BCUT2D eigenvalue weighted by molar-refractivity contribution is 0.409. The molecule has 20 heavy (non-hydrogen) atoms. The molecule has 104 valence electrons. The number of ether oxygens (including phenoxy) is 2. The second kappa shape index (κ2) is 6.56. The molecule has 0 spiro atoms. The Kier molecular flexibility index (Phi) is 5.01. The number of rotatable bonds is 4. The summed E-state index contributed by atoms with van der Waals surface area (Å²) in [6, 6.07) is 11.0. The van der Waals surface area contributed by atoms with Crippen LogP contribution in [0.1, 0.15) is 5.56 Å². The number of nitrogens with two attached hydrogens (primary N) is 1. The van der Waals surface area contributed by atoms with E-state index < -0.39 is 0 Å². The van der Waals surface area contributed by atoms with E-state index in [2.05, 4.69) is 31.9 Å². The van der Waals surface area contributed by atoms with Gasteiger partial charge in [0.15, 0.2) is 0 Å². The smallest absolute Gasteiger partial charge is 0.143 e. The van der Waals surface area contributed by atoms with Gasteiger partial charge in [0.2, 0.25) is 0 Å². The molecule has 0 fully saturated rings. The first-order chi connectivity index (χ1) is 9.51. The van der Waals surface area contributed by atoms with Crippen molar-refractivity contribution in [2.45, 2.75) is 0 Å². The Morgan fingerprint density at radius 2 is 1.60 bits per heavy atom. The maximum absolute atomic E-state index is 5.81. The second-order valence-electron chi connectivity index (χ2n) is 3.91. The lowest BCUT2D eigenvalue weighted by Crippen LogP contribution is -2.08. The van der Waals surface area contributed by atoms with Crippen LogP contribution in [0.3, 0.4) is 0 Å². The molecule has 0 saturated carbocycles. The standard InChI is InChI=1S/C14H11Br2NO2S/c1-18-12-6-11(16)13(7-10(12)15)19-9-4-2-8(3-5-9)14(17)20/h2-7H,1H3,(H2,17,20). The summed E-state index contributed by atoms with van der Waals surface area (Å²) in [6.07, 6.45) is 0. The van der Waals surface area contributed by atoms with Crippen molar-refractivity contribution in [1.82, 2.24) is 0 Å². The van der Waals surface area contributed by atoms with E-state index in [4.69, 9.17) is 27.4 Å². The minimum Gasteiger partial charge on any atom is -0.496 e. The molecule has 2 aromatic carbocycles. The second-order valence-corrected chi connectivity index (χ2v) is 6.06. The molecule has 0 bridgehead atoms. The highest BCUT2D eigenvalue weighted by Crippen LogP contribution is 2.38. The Hall–Kier alpha value is -1.11. The first-order valence-electron chi connectivity index (χ1n) is 5.62. The summed E-state index contributed by atoms with van der Waals surface area (Å²) in [7, 11) is 1.61. The Balaban J connectivity index is 2.25. The highest BCUT2D eigenvalue weighted by atomic mass is 79.9. The number of hydrogen-bond acceptors (Lipinski definition) is 3. The maximum atomic E-state index is 5.81. The SMILES string of the molecule is COc1cc(Br)c(Oc2ccc(C(N)=S)cc2)cc1Br. The monoisotopic (exact) mass is 415 g/mol. The van der Waals surface area contributed by atoms with Crippen molar-refractivity contribution in [3.63, 3.8) is 0 Å². The zero-order valence-electron chi connectivity index (χ0n) is 10.5. The number of hydrogen-bond donors (Lipinski definition) is 1. The van der Waals surface area contributed by atoms with Gasteiger partial charge in [0.25, 0.3) is 0 Å². The quantitative estimate of drug-likeness (QED) is 0.737. The van der Waals surface area contributed by atoms with E-state index in [0.29, 0.717) is 16.5 Å². The van der Waals surface area contributed by atoms with E-state index in [-0.39, 0.29) is 0 Å². The largest absolute Gasteiger partial charge is 0.496 e. The summed E-state index contributed by atoms with van der Waals surface area (Å²) in [5.41, 5.74) is 6.36. The molecular weight excluding hydrogens is 406 g/mol. The molecular formula is C14H11Br2NO2S. The average molecular weight is 417 g/mol. The molecule has 2 aromatic rings. The molecule has 0 amide bonds. The van der Waals surface area contributed by atoms with E-state index in [0.717, 1.165) is 20.3 Å². The number of methoxy groups -OCH3 is 1. The third-order valence-electron chi connectivity index (χ3n) is 2.57. The van der Waals surface area contributed by atoms with E-state index in [9.17, 15) is 0 Å². The van der Waals surface area contributed by atoms with Crippen molar-refractivity contribution in [3.8, 4) is 17.2 Å². The van der Waals surface area contributed by atoms with Gasteiger partial charge >= 0.3 is 0 Å². The van der Waals surface area contributed by atoms with Crippen molar-refractivity contribution in [1.29, 1.82) is 0 Å². The van der Waals surface area contributed by atoms with Gasteiger partial charge in [-0.2, -0.15) is 0 Å². The van der Waals surface area contributed by atoms with Crippen molar-refractivity contribution >= 4 is 49.1 Å². The van der Waals surface area contributed by atoms with Crippen LogP contribution in [0.4, 0.5) is 0 Å². The van der Waals surface area contributed by atoms with Crippen LogP contribution < -0.4 is 15.2 Å². The van der Waals surface area contributed by atoms with Gasteiger partial charge < -0.3 is 15.2 Å². The summed E-state index contributed by atoms with van der Waals surface area (Å²) in [4.78, 5) is 0.366. The predicted octanol–water partition coefficient (Wildman–Crippen LogP) is 4.65. The van der Waals surface area contributed by atoms with Crippen LogP contribution in [-0.2, 0) is 0 Å². The van der Waals surface area contributed by atoms with Crippen LogP contribution in [0.25, 0.3) is 0 Å². The number of thiocarbonyl (C=S) groups is 1. The van der Waals surface area contributed by atoms with Crippen LogP contribution in [0.2, 0.25) is 0 Å². The van der Waals surface area contributed by atoms with Gasteiger partial charge in [0.1, 0.15) is 22.2 Å². The third-order valence-corrected chi connectivity index (χ3v) is 4.05. The molecule has 3 nitrogen and oxygen atoms in total. The predicted molar refractivity (Wildman–Crippen MR) is 90.8 cm³/mol. The van der Waals surface area contributed by atoms with Gasteiger partial charge in [-0.15, -0.1) is 0 Å². The molecule has 0 heterocycles. The normalized spacial score (nSPS) is 10.2. The topological polar surface area (TPSA) is 44.5 Å². The first-order valence-corrected chi connectivity index (χ1v) is 7.61. The van der Waals surface area contributed by atoms with E-state index in [1.807, 2.05) is 36.4 Å². The fraction of sp³-hybridized carbons (Fsp3) is 0.0714. The zero-order valence-corrected chi connectivity index (χ0v) is 14.5. The molecule has 0 radical (unpaired) electrons. The summed E-state index contributed by atoms with van der Waals surface area (Å²) in [5, 5.41) is 0. The van der Waals surface area contributed by atoms with Gasteiger partial charge in [-0.05, 0) is 68.3 Å². The Morgan fingerprint density at radius 1 is 1.05 bits per heavy atom. The summed E-state index contributed by atoms with van der Waals surface area (Å²) < 4.78 is 12.6. The summed E-state index contributed by atoms with van der Waals surface area (Å²) in [5.74, 6) is 2.11. The molecule has 6 heteroatoms. The molecule has 0 aliphatic heterocycles. The van der Waals surface area contributed by atoms with Crippen LogP contribution >= 0.6 is 44.1 Å². The van der Waals surface area contributed by atoms with Gasteiger partial charge in [0, 0.05) is 5.56 Å². The van der Waals surface area contributed by atoms with Crippen LogP contribution in [0.5, 0.6) is 17.2 Å². The van der Waals surface area contributed by atoms with Gasteiger partial charge in [-0.1, -0.05) is 12.2 Å². The average Bonchev–Trinajstić information content (AvgIpc) is 2.43. The molecule has 0 aromatic heterocycles. The number of halogens is 2. The fourth-order valence-electron chi connectivity index (χ4n) is 1.56. The molecule has 2 N–H and O–H groups in total. The van der Waals surface area contributed by atoms with Crippen LogP contribution in [0.15, 0.2) is 45.3 Å². The fourth-order valence-corrected chi connectivity index (χ4v) is 2.58. The molecule has 0 aliphatic carbocycles. The highest BCUT2D eigenvalue weighted by Gasteiger charge is 2.09. The van der Waals surface area contributed by atoms with Crippen molar-refractivity contribution in [2.24, 2.45) is 5.73 Å². The van der Waals surface area contributed by atoms with Gasteiger partial charge in [-0.3, -0.25) is 0 Å². The summed E-state index contributed by atoms with van der Waals surface area (Å²) in [6.45, 7) is 0. The minimum atomic E-state index is 0.366. The molecule has 2 rings (SSSR count). The zero-order chi connectivity index (χ0) is 14.7. The van der Waals surface area contributed by atoms with Gasteiger partial charge in [-0.25, -0.2) is 0 Å². The van der Waals surface area contributed by atoms with Crippen molar-refractivity contribution in [3.05, 3.63) is 50.9 Å². The molecule has 0 unspecified atom stereocenters. The third kappa shape index (κ3) is 3.50. The summed E-state index contributed by atoms with van der Waals surface area (Å²) >= 11 is 11.8. The molecule has 0 aliphatic rings. The van der Waals surface area contributed by atoms with Gasteiger partial charge in [0.05, 0.1) is 16.1 Å². The number of benzene rings is 2.